The zero-order valence-electron chi connectivity index (χ0n) is 33.8. The summed E-state index contributed by atoms with van der Waals surface area (Å²) in [4.78, 5) is 14.2. The molecule has 0 bridgehead atoms. The Labute approximate surface area is 364 Å². The molecule has 0 radical (unpaired) electrons. The molecule has 5 heterocycles. The Morgan fingerprint density at radius 1 is 0.523 bits per heavy atom. The molecule has 20 atom stereocenters. The zero-order chi connectivity index (χ0) is 47.3. The number of rotatable bonds is 12. The number of hydrogen-bond donors (Lipinski definition) is 16. The van der Waals surface area contributed by atoms with Crippen LogP contribution in [0.5, 0.6) is 28.7 Å². The van der Waals surface area contributed by atoms with Gasteiger partial charge in [-0.05, 0) is 25.1 Å². The standard InChI is InChI=1S/C39H50O26/c1-10-21(46)24(49)28(53)36(57-10)63-33-18(8-41)61-38(30(55)26(33)51)64-34-19(9-42)62-39(31(56)27(34)52)65-35-23(48)20-15(45)5-12(58-37-29(54)25(50)22(47)17(7-40)60-37)6-16(20)59-32(35)11-2-3-13(43)14(44)4-11/h2-6,10,17-19,21-22,24-31,33-34,36-47,49-56H,7-9H2,1H3. The molecule has 4 aliphatic rings. The van der Waals surface area contributed by atoms with Gasteiger partial charge in [0.1, 0.15) is 114 Å². The third kappa shape index (κ3) is 9.30. The molecule has 4 fully saturated rings. The monoisotopic (exact) mass is 934 g/mol. The van der Waals surface area contributed by atoms with Gasteiger partial charge in [-0.15, -0.1) is 0 Å². The number of aliphatic hydroxyl groups excluding tert-OH is 13. The van der Waals surface area contributed by atoms with E-state index in [4.69, 9.17) is 42.3 Å². The van der Waals surface area contributed by atoms with Crippen LogP contribution in [0.3, 0.4) is 0 Å². The normalized spacial score (nSPS) is 40.2. The number of benzene rings is 2. The number of aromatic hydroxyl groups is 3. The summed E-state index contributed by atoms with van der Waals surface area (Å²) in [5, 5.41) is 167. The number of aliphatic hydroxyl groups is 13. The Morgan fingerprint density at radius 2 is 1.03 bits per heavy atom. The van der Waals surface area contributed by atoms with Gasteiger partial charge in [0.15, 0.2) is 29.8 Å². The van der Waals surface area contributed by atoms with Crippen molar-refractivity contribution in [2.75, 3.05) is 19.8 Å². The van der Waals surface area contributed by atoms with E-state index in [9.17, 15) is 86.5 Å². The first kappa shape index (κ1) is 48.8. The van der Waals surface area contributed by atoms with Gasteiger partial charge in [0.2, 0.25) is 23.8 Å². The molecule has 20 unspecified atom stereocenters. The highest BCUT2D eigenvalue weighted by molar-refractivity contribution is 5.88. The lowest BCUT2D eigenvalue weighted by Crippen LogP contribution is -2.66. The predicted octanol–water partition coefficient (Wildman–Crippen LogP) is -6.39. The van der Waals surface area contributed by atoms with E-state index in [1.165, 1.54) is 6.92 Å². The Bertz CT molecular complexity index is 2170. The maximum Gasteiger partial charge on any atom is 0.239 e. The molecule has 362 valence electrons. The molecule has 4 saturated heterocycles. The van der Waals surface area contributed by atoms with E-state index in [1.807, 2.05) is 0 Å². The van der Waals surface area contributed by atoms with Crippen LogP contribution in [0.2, 0.25) is 0 Å². The highest BCUT2D eigenvalue weighted by atomic mass is 16.8. The van der Waals surface area contributed by atoms with Gasteiger partial charge in [-0.2, -0.15) is 0 Å². The predicted molar refractivity (Wildman–Crippen MR) is 206 cm³/mol. The summed E-state index contributed by atoms with van der Waals surface area (Å²) in [5.74, 6) is -3.90. The SMILES string of the molecule is CC1OC(OC2C(CO)OC(OC3C(CO)OC(Oc4c(-c5ccc(O)c(O)c5)oc5cc(OC6OC(CO)C(O)C(O)C6O)cc(O)c5c4=O)C(O)C3O)C(O)C2O)C(O)C(O)C1O. The van der Waals surface area contributed by atoms with E-state index in [0.717, 1.165) is 30.3 Å². The molecule has 0 saturated carbocycles. The van der Waals surface area contributed by atoms with E-state index in [-0.39, 0.29) is 11.3 Å². The van der Waals surface area contributed by atoms with Gasteiger partial charge < -0.3 is 124 Å². The van der Waals surface area contributed by atoms with Crippen LogP contribution in [-0.4, -0.2) is 224 Å². The van der Waals surface area contributed by atoms with Crippen molar-refractivity contribution in [2.45, 2.75) is 130 Å². The second kappa shape index (κ2) is 19.6. The molecule has 0 amide bonds. The number of ether oxygens (including phenoxy) is 8. The van der Waals surface area contributed by atoms with Gasteiger partial charge in [0.25, 0.3) is 0 Å². The average molecular weight is 935 g/mol. The van der Waals surface area contributed by atoms with Gasteiger partial charge in [-0.1, -0.05) is 0 Å². The first-order valence-corrected chi connectivity index (χ1v) is 20.1. The fourth-order valence-corrected chi connectivity index (χ4v) is 7.79. The summed E-state index contributed by atoms with van der Waals surface area (Å²) in [6.45, 7) is -1.35. The molecule has 4 aliphatic heterocycles. The maximum atomic E-state index is 14.2. The van der Waals surface area contributed by atoms with E-state index >= 15 is 0 Å². The molecule has 0 spiro atoms. The lowest BCUT2D eigenvalue weighted by Gasteiger charge is -2.48. The van der Waals surface area contributed by atoms with E-state index in [0.29, 0.717) is 0 Å². The van der Waals surface area contributed by atoms with Crippen LogP contribution in [0.4, 0.5) is 0 Å². The molecule has 16 N–H and O–H groups in total. The van der Waals surface area contributed by atoms with Crippen LogP contribution in [-0.2, 0) is 28.4 Å². The molecule has 1 aromatic heterocycles. The van der Waals surface area contributed by atoms with Gasteiger partial charge >= 0.3 is 0 Å². The van der Waals surface area contributed by atoms with Crippen LogP contribution in [0, 0.1) is 0 Å². The van der Waals surface area contributed by atoms with E-state index in [2.05, 4.69) is 0 Å². The molecule has 0 aliphatic carbocycles. The Hall–Kier alpha value is -4.11. The van der Waals surface area contributed by atoms with Crippen LogP contribution in [0.1, 0.15) is 6.92 Å². The Morgan fingerprint density at radius 3 is 1.63 bits per heavy atom. The molecule has 7 rings (SSSR count). The smallest absolute Gasteiger partial charge is 0.239 e. The number of phenols is 3. The Balaban J connectivity index is 1.14. The van der Waals surface area contributed by atoms with Gasteiger partial charge in [0.05, 0.1) is 25.9 Å². The average Bonchev–Trinajstić information content (AvgIpc) is 3.28. The zero-order valence-corrected chi connectivity index (χ0v) is 33.8. The van der Waals surface area contributed by atoms with Crippen molar-refractivity contribution in [2.24, 2.45) is 0 Å². The highest BCUT2D eigenvalue weighted by Crippen LogP contribution is 2.41. The molecule has 65 heavy (non-hydrogen) atoms. The van der Waals surface area contributed by atoms with Crippen molar-refractivity contribution in [1.29, 1.82) is 0 Å². The molecule has 26 nitrogen and oxygen atoms in total. The second-order valence-electron chi connectivity index (χ2n) is 15.8. The minimum atomic E-state index is -2.20. The van der Waals surface area contributed by atoms with Crippen molar-refractivity contribution in [3.63, 3.8) is 0 Å². The number of phenolic OH excluding ortho intramolecular Hbond substituents is 3. The maximum absolute atomic E-state index is 14.2. The topological polar surface area (TPSA) is 428 Å². The van der Waals surface area contributed by atoms with Crippen molar-refractivity contribution >= 4 is 11.0 Å². The summed E-state index contributed by atoms with van der Waals surface area (Å²) in [6.07, 6.45) is -35.5. The van der Waals surface area contributed by atoms with Crippen molar-refractivity contribution in [3.05, 3.63) is 40.6 Å². The summed E-state index contributed by atoms with van der Waals surface area (Å²) in [6, 6.07) is 5.00. The van der Waals surface area contributed by atoms with Crippen LogP contribution < -0.4 is 14.9 Å². The summed E-state index contributed by atoms with van der Waals surface area (Å²) in [5.41, 5.74) is -1.80. The largest absolute Gasteiger partial charge is 0.507 e. The summed E-state index contributed by atoms with van der Waals surface area (Å²) < 4.78 is 50.7. The summed E-state index contributed by atoms with van der Waals surface area (Å²) >= 11 is 0. The molecular formula is C39H50O26. The van der Waals surface area contributed by atoms with Crippen molar-refractivity contribution in [1.82, 2.24) is 0 Å². The first-order valence-electron chi connectivity index (χ1n) is 20.1. The van der Waals surface area contributed by atoms with Gasteiger partial charge in [-0.3, -0.25) is 4.79 Å². The van der Waals surface area contributed by atoms with Crippen LogP contribution in [0.25, 0.3) is 22.3 Å². The van der Waals surface area contributed by atoms with E-state index < -0.39 is 188 Å². The van der Waals surface area contributed by atoms with Crippen molar-refractivity contribution < 1.29 is 124 Å². The first-order chi connectivity index (χ1) is 30.8. The summed E-state index contributed by atoms with van der Waals surface area (Å²) in [7, 11) is 0. The van der Waals surface area contributed by atoms with Gasteiger partial charge in [-0.25, -0.2) is 0 Å². The van der Waals surface area contributed by atoms with Crippen LogP contribution >= 0.6 is 0 Å². The molecule has 2 aromatic carbocycles. The quantitative estimate of drug-likeness (QED) is 0.0751. The number of fused-ring (bicyclic) bond motifs is 1. The lowest BCUT2D eigenvalue weighted by molar-refractivity contribution is -0.375. The fourth-order valence-electron chi connectivity index (χ4n) is 7.79. The molecular weight excluding hydrogens is 884 g/mol. The third-order valence-electron chi connectivity index (χ3n) is 11.5. The lowest BCUT2D eigenvalue weighted by atomic mass is 9.96. The molecule has 26 heteroatoms. The highest BCUT2D eigenvalue weighted by Gasteiger charge is 2.54. The van der Waals surface area contributed by atoms with Gasteiger partial charge in [0, 0.05) is 17.7 Å². The second-order valence-corrected chi connectivity index (χ2v) is 15.8. The fraction of sp³-hybridized carbons (Fsp3) is 0.615. The minimum Gasteiger partial charge on any atom is -0.507 e. The molecule has 3 aromatic rings. The third-order valence-corrected chi connectivity index (χ3v) is 11.5. The van der Waals surface area contributed by atoms with E-state index in [1.54, 1.807) is 0 Å². The Kier molecular flexibility index (Phi) is 14.7. The van der Waals surface area contributed by atoms with Crippen LogP contribution in [0.15, 0.2) is 39.5 Å². The number of hydrogen-bond acceptors (Lipinski definition) is 26. The minimum absolute atomic E-state index is 0.171. The van der Waals surface area contributed by atoms with Crippen molar-refractivity contribution in [3.8, 4) is 40.1 Å².